The van der Waals surface area contributed by atoms with E-state index < -0.39 is 4.92 Å². The Labute approximate surface area is 217 Å². The molecule has 0 aliphatic heterocycles. The third-order valence-corrected chi connectivity index (χ3v) is 6.60. The fraction of sp³-hybridized carbons (Fsp3) is 0.103. The fourth-order valence-corrected chi connectivity index (χ4v) is 4.88. The van der Waals surface area contributed by atoms with Crippen molar-refractivity contribution in [3.63, 3.8) is 0 Å². The molecule has 0 amide bonds. The number of hydrogen-bond donors (Lipinski definition) is 0. The van der Waals surface area contributed by atoms with E-state index in [0.717, 1.165) is 50.2 Å². The Kier molecular flexibility index (Phi) is 5.72. The lowest BCUT2D eigenvalue weighted by molar-refractivity contribution is -0.389. The van der Waals surface area contributed by atoms with Gasteiger partial charge in [-0.1, -0.05) is 41.6 Å². The summed E-state index contributed by atoms with van der Waals surface area (Å²) in [7, 11) is 0. The van der Waals surface area contributed by atoms with Gasteiger partial charge in [-0.3, -0.25) is 9.97 Å². The van der Waals surface area contributed by atoms with Crippen LogP contribution in [-0.2, 0) is 0 Å². The molecule has 0 radical (unpaired) electrons. The predicted octanol–water partition coefficient (Wildman–Crippen LogP) is 6.31. The summed E-state index contributed by atoms with van der Waals surface area (Å²) in [6.45, 7) is 3.79. The van der Waals surface area contributed by atoms with Gasteiger partial charge in [-0.05, 0) is 53.6 Å². The molecule has 38 heavy (non-hydrogen) atoms. The van der Waals surface area contributed by atoms with Crippen LogP contribution in [0.15, 0.2) is 96.0 Å². The molecule has 0 unspecified atom stereocenters. The number of aryl methyl sites for hydroxylation is 2. The first-order chi connectivity index (χ1) is 18.5. The minimum Gasteiger partial charge on any atom is -0.361 e. The lowest BCUT2D eigenvalue weighted by Crippen LogP contribution is -2.13. The van der Waals surface area contributed by atoms with Crippen molar-refractivity contribution in [2.75, 3.05) is 0 Å². The highest BCUT2D eigenvalue weighted by atomic mass is 16.6. The molecular formula is C29H22N6O3. The van der Waals surface area contributed by atoms with Crippen LogP contribution in [-0.4, -0.2) is 29.6 Å². The molecule has 0 bridgehead atoms. The molecule has 0 saturated carbocycles. The molecule has 0 aliphatic rings. The van der Waals surface area contributed by atoms with Crippen LogP contribution in [0.4, 0.5) is 5.82 Å². The van der Waals surface area contributed by atoms with Crippen molar-refractivity contribution >= 4 is 16.9 Å². The van der Waals surface area contributed by atoms with Crippen LogP contribution in [0.3, 0.4) is 0 Å². The average Bonchev–Trinajstić information content (AvgIpc) is 3.49. The molecule has 9 heteroatoms. The summed E-state index contributed by atoms with van der Waals surface area (Å²) in [6.07, 6.45) is 7.12. The van der Waals surface area contributed by atoms with Crippen molar-refractivity contribution < 1.29 is 9.45 Å². The first-order valence-electron chi connectivity index (χ1n) is 12.0. The third kappa shape index (κ3) is 4.00. The van der Waals surface area contributed by atoms with Crippen LogP contribution in [0.5, 0.6) is 0 Å². The molecule has 0 aliphatic carbocycles. The predicted molar refractivity (Wildman–Crippen MR) is 143 cm³/mol. The van der Waals surface area contributed by atoms with E-state index in [-0.39, 0.29) is 11.9 Å². The molecule has 5 heterocycles. The van der Waals surface area contributed by atoms with Crippen LogP contribution in [0, 0.1) is 24.0 Å². The zero-order valence-corrected chi connectivity index (χ0v) is 20.6. The number of nitrogens with zero attached hydrogens (tertiary/aromatic N) is 6. The van der Waals surface area contributed by atoms with Gasteiger partial charge in [0.1, 0.15) is 18.0 Å². The Hall–Kier alpha value is -5.18. The molecule has 9 nitrogen and oxygen atoms in total. The quantitative estimate of drug-likeness (QED) is 0.194. The lowest BCUT2D eigenvalue weighted by atomic mass is 10.0. The SMILES string of the molecule is Cc1noc(C)c1-c1cnc2c(-c3ccc([N+](=O)[O-])nc3)cn([C@H](c3ccccc3)c3ccccn3)c2c1. The second-order valence-corrected chi connectivity index (χ2v) is 8.97. The highest BCUT2D eigenvalue weighted by molar-refractivity contribution is 5.95. The maximum atomic E-state index is 11.2. The van der Waals surface area contributed by atoms with Crippen molar-refractivity contribution in [2.24, 2.45) is 0 Å². The van der Waals surface area contributed by atoms with Gasteiger partial charge < -0.3 is 19.2 Å². The third-order valence-electron chi connectivity index (χ3n) is 6.60. The summed E-state index contributed by atoms with van der Waals surface area (Å²) in [4.78, 5) is 24.3. The first-order valence-corrected chi connectivity index (χ1v) is 12.0. The standard InChI is InChI=1S/C29H22N6O3/c1-18-27(19(2)38-33-18)22-14-25-28(32-16-22)23(21-11-12-26(31-15-21)35(36)37)17-34(25)29(20-8-4-3-5-9-20)24-10-6-7-13-30-24/h3-17,29H,1-2H3/t29-/m1/s1. The van der Waals surface area contributed by atoms with Crippen molar-refractivity contribution in [3.05, 3.63) is 124 Å². The minimum atomic E-state index is -0.506. The maximum absolute atomic E-state index is 11.2. The van der Waals surface area contributed by atoms with Crippen LogP contribution in [0.25, 0.3) is 33.3 Å². The summed E-state index contributed by atoms with van der Waals surface area (Å²) in [6, 6.07) is 20.9. The lowest BCUT2D eigenvalue weighted by Gasteiger charge is -2.20. The van der Waals surface area contributed by atoms with Crippen LogP contribution in [0.1, 0.15) is 28.8 Å². The number of fused-ring (bicyclic) bond motifs is 1. The van der Waals surface area contributed by atoms with Gasteiger partial charge in [-0.25, -0.2) is 0 Å². The molecule has 0 saturated heterocycles. The number of rotatable bonds is 6. The van der Waals surface area contributed by atoms with Crippen LogP contribution >= 0.6 is 0 Å². The molecule has 0 fully saturated rings. The number of hydrogen-bond acceptors (Lipinski definition) is 7. The van der Waals surface area contributed by atoms with E-state index in [1.165, 1.54) is 12.3 Å². The van der Waals surface area contributed by atoms with Crippen molar-refractivity contribution in [1.29, 1.82) is 0 Å². The topological polar surface area (TPSA) is 113 Å². The van der Waals surface area contributed by atoms with Crippen LogP contribution in [0.2, 0.25) is 0 Å². The summed E-state index contributed by atoms with van der Waals surface area (Å²) < 4.78 is 7.58. The number of benzene rings is 1. The van der Waals surface area contributed by atoms with E-state index in [2.05, 4.69) is 32.9 Å². The average molecular weight is 503 g/mol. The van der Waals surface area contributed by atoms with Gasteiger partial charge in [0.15, 0.2) is 0 Å². The van der Waals surface area contributed by atoms with Gasteiger partial charge in [0, 0.05) is 46.9 Å². The number of nitro groups is 1. The second kappa shape index (κ2) is 9.36. The molecule has 1 atom stereocenters. The highest BCUT2D eigenvalue weighted by Crippen LogP contribution is 2.38. The van der Waals surface area contributed by atoms with E-state index in [1.54, 1.807) is 18.5 Å². The molecule has 5 aromatic heterocycles. The summed E-state index contributed by atoms with van der Waals surface area (Å²) in [5.74, 6) is 0.507. The van der Waals surface area contributed by atoms with E-state index in [4.69, 9.17) is 14.5 Å². The largest absolute Gasteiger partial charge is 0.363 e. The zero-order valence-electron chi connectivity index (χ0n) is 20.6. The molecule has 1 aromatic carbocycles. The highest BCUT2D eigenvalue weighted by Gasteiger charge is 2.24. The normalized spacial score (nSPS) is 12.1. The van der Waals surface area contributed by atoms with E-state index in [9.17, 15) is 10.1 Å². The van der Waals surface area contributed by atoms with E-state index in [0.29, 0.717) is 5.76 Å². The zero-order chi connectivity index (χ0) is 26.2. The molecule has 6 aromatic rings. The summed E-state index contributed by atoms with van der Waals surface area (Å²) >= 11 is 0. The Morgan fingerprint density at radius 2 is 1.71 bits per heavy atom. The van der Waals surface area contributed by atoms with Gasteiger partial charge in [0.05, 0.1) is 22.4 Å². The van der Waals surface area contributed by atoms with Crippen molar-refractivity contribution in [2.45, 2.75) is 19.9 Å². The van der Waals surface area contributed by atoms with Crippen molar-refractivity contribution in [1.82, 2.24) is 24.7 Å². The first kappa shape index (κ1) is 23.2. The van der Waals surface area contributed by atoms with E-state index >= 15 is 0 Å². The molecule has 0 N–H and O–H groups in total. The maximum Gasteiger partial charge on any atom is 0.363 e. The molecule has 186 valence electrons. The Morgan fingerprint density at radius 3 is 2.37 bits per heavy atom. The molecule has 0 spiro atoms. The van der Waals surface area contributed by atoms with Gasteiger partial charge in [-0.2, -0.15) is 0 Å². The summed E-state index contributed by atoms with van der Waals surface area (Å²) in [5, 5.41) is 15.3. The number of aromatic nitrogens is 5. The van der Waals surface area contributed by atoms with Gasteiger partial charge in [0.2, 0.25) is 0 Å². The van der Waals surface area contributed by atoms with Crippen LogP contribution < -0.4 is 0 Å². The summed E-state index contributed by atoms with van der Waals surface area (Å²) in [5.41, 5.74) is 7.64. The second-order valence-electron chi connectivity index (χ2n) is 8.97. The molecule has 6 rings (SSSR count). The van der Waals surface area contributed by atoms with Gasteiger partial charge >= 0.3 is 5.82 Å². The monoisotopic (exact) mass is 502 g/mol. The van der Waals surface area contributed by atoms with Gasteiger partial charge in [0.25, 0.3) is 0 Å². The van der Waals surface area contributed by atoms with E-state index in [1.807, 2.05) is 56.4 Å². The Bertz CT molecular complexity index is 1700. The minimum absolute atomic E-state index is 0.207. The Morgan fingerprint density at radius 1 is 0.921 bits per heavy atom. The van der Waals surface area contributed by atoms with Crippen molar-refractivity contribution in [3.8, 4) is 22.3 Å². The van der Waals surface area contributed by atoms with Gasteiger partial charge in [-0.15, -0.1) is 0 Å². The smallest absolute Gasteiger partial charge is 0.361 e. The fourth-order valence-electron chi connectivity index (χ4n) is 4.88. The molecular weight excluding hydrogens is 480 g/mol. The number of pyridine rings is 3. The Balaban J connectivity index is 1.63.